The lowest BCUT2D eigenvalue weighted by Crippen LogP contribution is -2.41. The number of pyridine rings is 1. The molecule has 1 aliphatic rings. The molecule has 3 aromatic rings. The average Bonchev–Trinajstić information content (AvgIpc) is 2.93. The zero-order chi connectivity index (χ0) is 20.6. The number of fused-ring (bicyclic) bond motifs is 1. The lowest BCUT2D eigenvalue weighted by atomic mass is 9.88. The Balaban J connectivity index is 1.71. The summed E-state index contributed by atoms with van der Waals surface area (Å²) < 4.78 is 0. The molecular formula is C24H22N2O3. The van der Waals surface area contributed by atoms with Gasteiger partial charge in [-0.3, -0.25) is 14.6 Å². The van der Waals surface area contributed by atoms with Gasteiger partial charge in [-0.1, -0.05) is 42.0 Å². The number of aliphatic hydroxyl groups is 1. The number of amides is 1. The van der Waals surface area contributed by atoms with E-state index in [4.69, 9.17) is 0 Å². The van der Waals surface area contributed by atoms with Gasteiger partial charge in [-0.2, -0.15) is 0 Å². The molecular weight excluding hydrogens is 364 g/mol. The Bertz CT molecular complexity index is 1090. The van der Waals surface area contributed by atoms with Crippen molar-refractivity contribution in [2.45, 2.75) is 32.4 Å². The van der Waals surface area contributed by atoms with E-state index in [1.54, 1.807) is 29.2 Å². The summed E-state index contributed by atoms with van der Waals surface area (Å²) in [4.78, 5) is 31.6. The largest absolute Gasteiger partial charge is 0.375 e. The molecule has 1 amide bonds. The summed E-state index contributed by atoms with van der Waals surface area (Å²) >= 11 is 0. The van der Waals surface area contributed by atoms with E-state index in [9.17, 15) is 14.7 Å². The second-order valence-corrected chi connectivity index (χ2v) is 7.53. The van der Waals surface area contributed by atoms with E-state index in [1.807, 2.05) is 44.2 Å². The molecule has 1 unspecified atom stereocenters. The molecule has 146 valence electrons. The standard InChI is InChI=1S/C24H22N2O3/c1-16-7-8-17(2)19(13-16)15-26-21-6-4-3-5-20(21)24(29,23(26)28)14-22(27)18-9-11-25-12-10-18/h3-13,29H,14-15H2,1-2H3. The highest BCUT2D eigenvalue weighted by molar-refractivity contribution is 6.10. The minimum atomic E-state index is -1.88. The number of anilines is 1. The van der Waals surface area contributed by atoms with E-state index in [2.05, 4.69) is 4.98 Å². The van der Waals surface area contributed by atoms with E-state index in [0.717, 1.165) is 16.7 Å². The van der Waals surface area contributed by atoms with Crippen molar-refractivity contribution in [1.29, 1.82) is 0 Å². The number of hydrogen-bond acceptors (Lipinski definition) is 4. The average molecular weight is 386 g/mol. The molecule has 1 aromatic heterocycles. The second kappa shape index (κ2) is 7.26. The maximum Gasteiger partial charge on any atom is 0.264 e. The van der Waals surface area contributed by atoms with Crippen LogP contribution in [0.25, 0.3) is 0 Å². The topological polar surface area (TPSA) is 70.5 Å². The summed E-state index contributed by atoms with van der Waals surface area (Å²) in [7, 11) is 0. The number of aryl methyl sites for hydroxylation is 2. The number of hydrogen-bond donors (Lipinski definition) is 1. The fourth-order valence-corrected chi connectivity index (χ4v) is 3.85. The fraction of sp³-hybridized carbons (Fsp3) is 0.208. The predicted molar refractivity (Wildman–Crippen MR) is 111 cm³/mol. The van der Waals surface area contributed by atoms with Gasteiger partial charge in [0.25, 0.3) is 5.91 Å². The van der Waals surface area contributed by atoms with E-state index in [1.165, 1.54) is 12.4 Å². The lowest BCUT2D eigenvalue weighted by molar-refractivity contribution is -0.136. The second-order valence-electron chi connectivity index (χ2n) is 7.53. The molecule has 0 aliphatic carbocycles. The van der Waals surface area contributed by atoms with Crippen LogP contribution >= 0.6 is 0 Å². The van der Waals surface area contributed by atoms with Gasteiger partial charge in [0.1, 0.15) is 0 Å². The molecule has 0 spiro atoms. The molecule has 1 atom stereocenters. The number of Topliss-reactive ketones (excluding diaryl/α,β-unsaturated/α-hetero) is 1. The molecule has 1 aliphatic heterocycles. The van der Waals surface area contributed by atoms with Gasteiger partial charge >= 0.3 is 0 Å². The molecule has 0 bridgehead atoms. The van der Waals surface area contributed by atoms with Crippen molar-refractivity contribution in [2.24, 2.45) is 0 Å². The Morgan fingerprint density at radius 3 is 2.55 bits per heavy atom. The number of benzene rings is 2. The monoisotopic (exact) mass is 386 g/mol. The Morgan fingerprint density at radius 2 is 1.79 bits per heavy atom. The van der Waals surface area contributed by atoms with Gasteiger partial charge in [-0.05, 0) is 43.2 Å². The first-order chi connectivity index (χ1) is 13.9. The maximum atomic E-state index is 13.4. The van der Waals surface area contributed by atoms with Crippen LogP contribution in [0.4, 0.5) is 5.69 Å². The molecule has 0 radical (unpaired) electrons. The van der Waals surface area contributed by atoms with Crippen LogP contribution in [0, 0.1) is 13.8 Å². The summed E-state index contributed by atoms with van der Waals surface area (Å²) in [6.45, 7) is 4.35. The van der Waals surface area contributed by atoms with Gasteiger partial charge in [0.05, 0.1) is 18.7 Å². The number of para-hydroxylation sites is 1. The van der Waals surface area contributed by atoms with E-state index >= 15 is 0 Å². The number of carbonyl (C=O) groups excluding carboxylic acids is 2. The maximum absolute atomic E-state index is 13.4. The molecule has 0 saturated heterocycles. The van der Waals surface area contributed by atoms with Crippen molar-refractivity contribution >= 4 is 17.4 Å². The normalized spacial score (nSPS) is 18.0. The van der Waals surface area contributed by atoms with Crippen LogP contribution in [0.15, 0.2) is 67.0 Å². The van der Waals surface area contributed by atoms with Crippen LogP contribution in [0.2, 0.25) is 0 Å². The van der Waals surface area contributed by atoms with Crippen LogP contribution in [-0.4, -0.2) is 21.8 Å². The van der Waals surface area contributed by atoms with Crippen molar-refractivity contribution in [3.8, 4) is 0 Å². The highest BCUT2D eigenvalue weighted by Crippen LogP contribution is 2.43. The summed E-state index contributed by atoms with van der Waals surface area (Å²) in [5.74, 6) is -0.770. The molecule has 0 fully saturated rings. The molecule has 2 heterocycles. The third-order valence-electron chi connectivity index (χ3n) is 5.49. The molecule has 5 nitrogen and oxygen atoms in total. The first-order valence-electron chi connectivity index (χ1n) is 9.53. The molecule has 5 heteroatoms. The van der Waals surface area contributed by atoms with Crippen LogP contribution in [-0.2, 0) is 16.9 Å². The third-order valence-corrected chi connectivity index (χ3v) is 5.49. The van der Waals surface area contributed by atoms with Crippen molar-refractivity contribution in [3.63, 3.8) is 0 Å². The summed E-state index contributed by atoms with van der Waals surface area (Å²) in [6, 6.07) is 16.4. The van der Waals surface area contributed by atoms with Gasteiger partial charge < -0.3 is 10.0 Å². The zero-order valence-electron chi connectivity index (χ0n) is 16.4. The Morgan fingerprint density at radius 1 is 1.07 bits per heavy atom. The van der Waals surface area contributed by atoms with Gasteiger partial charge in [0, 0.05) is 23.5 Å². The number of ketones is 1. The fourth-order valence-electron chi connectivity index (χ4n) is 3.85. The summed E-state index contributed by atoms with van der Waals surface area (Å²) in [5, 5.41) is 11.4. The molecule has 29 heavy (non-hydrogen) atoms. The minimum absolute atomic E-state index is 0.299. The molecule has 1 N–H and O–H groups in total. The van der Waals surface area contributed by atoms with Gasteiger partial charge in [-0.25, -0.2) is 0 Å². The van der Waals surface area contributed by atoms with Crippen molar-refractivity contribution < 1.29 is 14.7 Å². The van der Waals surface area contributed by atoms with Crippen LogP contribution in [0.5, 0.6) is 0 Å². The lowest BCUT2D eigenvalue weighted by Gasteiger charge is -2.23. The van der Waals surface area contributed by atoms with Crippen LogP contribution < -0.4 is 4.90 Å². The van der Waals surface area contributed by atoms with E-state index in [0.29, 0.717) is 23.4 Å². The van der Waals surface area contributed by atoms with Gasteiger partial charge in [-0.15, -0.1) is 0 Å². The number of rotatable bonds is 5. The van der Waals surface area contributed by atoms with Crippen LogP contribution in [0.1, 0.15) is 39.0 Å². The molecule has 4 rings (SSSR count). The Hall–Kier alpha value is -3.31. The Kier molecular flexibility index (Phi) is 4.76. The Labute approximate surface area is 169 Å². The number of nitrogens with zero attached hydrogens (tertiary/aromatic N) is 2. The van der Waals surface area contributed by atoms with E-state index in [-0.39, 0.29) is 12.2 Å². The van der Waals surface area contributed by atoms with Gasteiger partial charge in [0.2, 0.25) is 0 Å². The third kappa shape index (κ3) is 3.34. The quantitative estimate of drug-likeness (QED) is 0.679. The smallest absolute Gasteiger partial charge is 0.264 e. The summed E-state index contributed by atoms with van der Waals surface area (Å²) in [6.07, 6.45) is 2.74. The molecule has 0 saturated carbocycles. The first kappa shape index (κ1) is 19.0. The SMILES string of the molecule is Cc1ccc(C)c(CN2C(=O)C(O)(CC(=O)c3ccncc3)c3ccccc32)c1. The number of aromatic nitrogens is 1. The van der Waals surface area contributed by atoms with Gasteiger partial charge in [0.15, 0.2) is 11.4 Å². The highest BCUT2D eigenvalue weighted by atomic mass is 16.3. The minimum Gasteiger partial charge on any atom is -0.375 e. The first-order valence-corrected chi connectivity index (χ1v) is 9.53. The predicted octanol–water partition coefficient (Wildman–Crippen LogP) is 3.71. The summed E-state index contributed by atoms with van der Waals surface area (Å²) in [5.41, 5.74) is 2.85. The van der Waals surface area contributed by atoms with Crippen molar-refractivity contribution in [3.05, 3.63) is 94.8 Å². The molecule has 2 aromatic carbocycles. The van der Waals surface area contributed by atoms with Crippen molar-refractivity contribution in [2.75, 3.05) is 4.90 Å². The van der Waals surface area contributed by atoms with E-state index < -0.39 is 11.5 Å². The number of carbonyl (C=O) groups is 2. The zero-order valence-corrected chi connectivity index (χ0v) is 16.4. The highest BCUT2D eigenvalue weighted by Gasteiger charge is 2.50. The van der Waals surface area contributed by atoms with Crippen LogP contribution in [0.3, 0.4) is 0 Å². The van der Waals surface area contributed by atoms with Crippen molar-refractivity contribution in [1.82, 2.24) is 4.98 Å².